The maximum Gasteiger partial charge on any atom is 0.231 e. The maximum absolute atomic E-state index is 11.5. The first kappa shape index (κ1) is 10.2. The molecule has 2 amide bonds. The molecule has 0 aromatic heterocycles. The molecule has 4 nitrogen and oxygen atoms in total. The third-order valence-corrected chi connectivity index (χ3v) is 2.22. The Kier molecular flexibility index (Phi) is 3.03. The van der Waals surface area contributed by atoms with Crippen molar-refractivity contribution in [2.75, 3.05) is 6.54 Å². The Morgan fingerprint density at radius 1 is 1.62 bits per heavy atom. The Bertz CT molecular complexity index is 226. The molecule has 0 saturated carbocycles. The lowest BCUT2D eigenvalue weighted by molar-refractivity contribution is -0.148. The summed E-state index contributed by atoms with van der Waals surface area (Å²) in [5, 5.41) is 0. The highest BCUT2D eigenvalue weighted by molar-refractivity contribution is 5.96. The van der Waals surface area contributed by atoms with Gasteiger partial charge in [0.15, 0.2) is 0 Å². The smallest absolute Gasteiger partial charge is 0.231 e. The van der Waals surface area contributed by atoms with Gasteiger partial charge in [-0.25, -0.2) is 0 Å². The van der Waals surface area contributed by atoms with Crippen molar-refractivity contribution in [1.29, 1.82) is 0 Å². The third-order valence-electron chi connectivity index (χ3n) is 2.22. The number of piperidine rings is 1. The highest BCUT2D eigenvalue weighted by Crippen LogP contribution is 2.12. The van der Waals surface area contributed by atoms with E-state index in [1.165, 1.54) is 4.90 Å². The number of amides is 2. The highest BCUT2D eigenvalue weighted by atomic mass is 16.2. The van der Waals surface area contributed by atoms with E-state index in [2.05, 4.69) is 0 Å². The van der Waals surface area contributed by atoms with Crippen LogP contribution < -0.4 is 5.73 Å². The lowest BCUT2D eigenvalue weighted by Gasteiger charge is -2.29. The molecule has 4 heteroatoms. The summed E-state index contributed by atoms with van der Waals surface area (Å²) in [5.41, 5.74) is 5.60. The molecule has 1 rings (SSSR count). The predicted octanol–water partition coefficient (Wildman–Crippen LogP) is 0.119. The molecule has 1 unspecified atom stereocenters. The highest BCUT2D eigenvalue weighted by Gasteiger charge is 2.29. The molecule has 0 bridgehead atoms. The van der Waals surface area contributed by atoms with Crippen LogP contribution in [0, 0.1) is 5.92 Å². The van der Waals surface area contributed by atoms with Gasteiger partial charge in [-0.3, -0.25) is 14.5 Å². The van der Waals surface area contributed by atoms with Crippen LogP contribution in [0.1, 0.15) is 26.7 Å². The molecule has 1 atom stereocenters. The number of carbonyl (C=O) groups is 2. The lowest BCUT2D eigenvalue weighted by atomic mass is 10.0. The Labute approximate surface area is 78.1 Å². The van der Waals surface area contributed by atoms with E-state index in [0.29, 0.717) is 13.0 Å². The summed E-state index contributed by atoms with van der Waals surface area (Å²) in [6.07, 6.45) is 1.03. The number of nitrogens with two attached hydrogens (primary N) is 1. The predicted molar refractivity (Wildman–Crippen MR) is 48.8 cm³/mol. The normalized spacial score (nSPS) is 23.8. The molecule has 74 valence electrons. The summed E-state index contributed by atoms with van der Waals surface area (Å²) in [4.78, 5) is 24.2. The van der Waals surface area contributed by atoms with Crippen molar-refractivity contribution >= 4 is 11.8 Å². The largest absolute Gasteiger partial charge is 0.327 e. The van der Waals surface area contributed by atoms with E-state index in [1.54, 1.807) is 13.8 Å². The molecule has 1 aliphatic heterocycles. The van der Waals surface area contributed by atoms with Crippen molar-refractivity contribution in [3.05, 3.63) is 0 Å². The van der Waals surface area contributed by atoms with Crippen LogP contribution in [0.2, 0.25) is 0 Å². The number of carbonyl (C=O) groups excluding carboxylic acids is 2. The molecular weight excluding hydrogens is 168 g/mol. The topological polar surface area (TPSA) is 63.4 Å². The van der Waals surface area contributed by atoms with Gasteiger partial charge in [-0.15, -0.1) is 0 Å². The molecule has 13 heavy (non-hydrogen) atoms. The summed E-state index contributed by atoms with van der Waals surface area (Å²) in [7, 11) is 0. The van der Waals surface area contributed by atoms with Gasteiger partial charge in [-0.2, -0.15) is 0 Å². The molecule has 1 fully saturated rings. The second-order valence-corrected chi connectivity index (χ2v) is 3.79. The molecule has 0 aromatic rings. The summed E-state index contributed by atoms with van der Waals surface area (Å²) >= 11 is 0. The Morgan fingerprint density at radius 3 is 2.69 bits per heavy atom. The van der Waals surface area contributed by atoms with Crippen molar-refractivity contribution in [3.8, 4) is 0 Å². The lowest BCUT2D eigenvalue weighted by Crippen LogP contribution is -2.48. The SMILES string of the molecule is CC(C)C(=O)N1CCC(N)CC1=O. The zero-order valence-electron chi connectivity index (χ0n) is 8.12. The van der Waals surface area contributed by atoms with Gasteiger partial charge in [0, 0.05) is 24.9 Å². The van der Waals surface area contributed by atoms with E-state index < -0.39 is 0 Å². The quantitative estimate of drug-likeness (QED) is 0.629. The molecular formula is C9H16N2O2. The average molecular weight is 184 g/mol. The molecule has 1 saturated heterocycles. The summed E-state index contributed by atoms with van der Waals surface area (Å²) in [6.45, 7) is 4.07. The Balaban J connectivity index is 2.61. The van der Waals surface area contributed by atoms with E-state index >= 15 is 0 Å². The second-order valence-electron chi connectivity index (χ2n) is 3.79. The van der Waals surface area contributed by atoms with Gasteiger partial charge in [0.25, 0.3) is 0 Å². The number of hydrogen-bond acceptors (Lipinski definition) is 3. The fourth-order valence-corrected chi connectivity index (χ4v) is 1.40. The van der Waals surface area contributed by atoms with Gasteiger partial charge >= 0.3 is 0 Å². The Hall–Kier alpha value is -0.900. The minimum atomic E-state index is -0.127. The molecule has 2 N–H and O–H groups in total. The van der Waals surface area contributed by atoms with Crippen LogP contribution in [0.15, 0.2) is 0 Å². The van der Waals surface area contributed by atoms with Crippen molar-refractivity contribution in [3.63, 3.8) is 0 Å². The van der Waals surface area contributed by atoms with Gasteiger partial charge in [0.2, 0.25) is 11.8 Å². The van der Waals surface area contributed by atoms with Gasteiger partial charge < -0.3 is 5.73 Å². The third kappa shape index (κ3) is 2.28. The van der Waals surface area contributed by atoms with Crippen molar-refractivity contribution in [2.45, 2.75) is 32.7 Å². The monoisotopic (exact) mass is 184 g/mol. The van der Waals surface area contributed by atoms with Crippen LogP contribution in [0.3, 0.4) is 0 Å². The van der Waals surface area contributed by atoms with Gasteiger partial charge in [0.1, 0.15) is 0 Å². The molecule has 1 aliphatic rings. The zero-order valence-corrected chi connectivity index (χ0v) is 8.12. The van der Waals surface area contributed by atoms with Crippen LogP contribution in [0.4, 0.5) is 0 Å². The van der Waals surface area contributed by atoms with Crippen LogP contribution >= 0.6 is 0 Å². The number of rotatable bonds is 1. The molecule has 0 spiro atoms. The van der Waals surface area contributed by atoms with E-state index in [-0.39, 0.29) is 23.8 Å². The minimum absolute atomic E-state index is 0.0660. The van der Waals surface area contributed by atoms with Crippen molar-refractivity contribution < 1.29 is 9.59 Å². The van der Waals surface area contributed by atoms with Crippen LogP contribution in [0.5, 0.6) is 0 Å². The van der Waals surface area contributed by atoms with Crippen LogP contribution in [-0.4, -0.2) is 29.3 Å². The maximum atomic E-state index is 11.5. The first-order valence-electron chi connectivity index (χ1n) is 4.62. The summed E-state index contributed by atoms with van der Waals surface area (Å²) in [5.74, 6) is -0.326. The van der Waals surface area contributed by atoms with Crippen molar-refractivity contribution in [2.24, 2.45) is 11.7 Å². The summed E-state index contributed by atoms with van der Waals surface area (Å²) in [6, 6.07) is -0.0660. The van der Waals surface area contributed by atoms with Gasteiger partial charge in [-0.05, 0) is 6.42 Å². The minimum Gasteiger partial charge on any atom is -0.327 e. The van der Waals surface area contributed by atoms with E-state index in [1.807, 2.05) is 0 Å². The molecule has 0 aliphatic carbocycles. The fraction of sp³-hybridized carbons (Fsp3) is 0.778. The molecule has 1 heterocycles. The van der Waals surface area contributed by atoms with Gasteiger partial charge in [0.05, 0.1) is 0 Å². The van der Waals surface area contributed by atoms with E-state index in [4.69, 9.17) is 5.73 Å². The average Bonchev–Trinajstić information content (AvgIpc) is 2.03. The first-order valence-corrected chi connectivity index (χ1v) is 4.62. The Morgan fingerprint density at radius 2 is 2.23 bits per heavy atom. The number of imide groups is 1. The van der Waals surface area contributed by atoms with Crippen LogP contribution in [0.25, 0.3) is 0 Å². The van der Waals surface area contributed by atoms with Crippen LogP contribution in [-0.2, 0) is 9.59 Å². The zero-order chi connectivity index (χ0) is 10.0. The van der Waals surface area contributed by atoms with Gasteiger partial charge in [-0.1, -0.05) is 13.8 Å². The molecule has 0 radical (unpaired) electrons. The van der Waals surface area contributed by atoms with E-state index in [9.17, 15) is 9.59 Å². The number of likely N-dealkylation sites (tertiary alicyclic amines) is 1. The number of hydrogen-bond donors (Lipinski definition) is 1. The number of nitrogens with zero attached hydrogens (tertiary/aromatic N) is 1. The standard InChI is InChI=1S/C9H16N2O2/c1-6(2)9(13)11-4-3-7(10)5-8(11)12/h6-7H,3-5,10H2,1-2H3. The van der Waals surface area contributed by atoms with E-state index in [0.717, 1.165) is 6.42 Å². The van der Waals surface area contributed by atoms with Crippen molar-refractivity contribution in [1.82, 2.24) is 4.90 Å². The summed E-state index contributed by atoms with van der Waals surface area (Å²) < 4.78 is 0. The fourth-order valence-electron chi connectivity index (χ4n) is 1.40. The first-order chi connectivity index (χ1) is 6.02. The second kappa shape index (κ2) is 3.87. The molecule has 0 aromatic carbocycles.